The zero-order valence-corrected chi connectivity index (χ0v) is 17.8. The molecule has 3 aromatic carbocycles. The predicted octanol–water partition coefficient (Wildman–Crippen LogP) is 4.88. The molecule has 1 aliphatic rings. The largest absolute Gasteiger partial charge is 0.486 e. The molecule has 32 heavy (non-hydrogen) atoms. The molecular weight excluding hydrogens is 404 g/mol. The van der Waals surface area contributed by atoms with E-state index in [-0.39, 0.29) is 11.9 Å². The number of aryl methyl sites for hydroxylation is 2. The molecular formula is C26H24N2O4. The van der Waals surface area contributed by atoms with Crippen LogP contribution in [0.4, 0.5) is 0 Å². The van der Waals surface area contributed by atoms with Crippen molar-refractivity contribution in [3.8, 4) is 11.5 Å². The van der Waals surface area contributed by atoms with Crippen LogP contribution in [-0.2, 0) is 12.8 Å². The minimum absolute atomic E-state index is 0.170. The lowest BCUT2D eigenvalue weighted by atomic mass is 10.1. The van der Waals surface area contributed by atoms with Crippen molar-refractivity contribution in [3.63, 3.8) is 0 Å². The van der Waals surface area contributed by atoms with Gasteiger partial charge in [-0.2, -0.15) is 0 Å². The first kappa shape index (κ1) is 20.1. The van der Waals surface area contributed by atoms with Gasteiger partial charge in [0.25, 0.3) is 5.91 Å². The number of carbonyl (C=O) groups excluding carboxylic acids is 1. The lowest BCUT2D eigenvalue weighted by Crippen LogP contribution is -2.26. The number of fused-ring (bicyclic) bond motifs is 2. The van der Waals surface area contributed by atoms with E-state index in [1.807, 2.05) is 49.4 Å². The topological polar surface area (TPSA) is 73.6 Å². The minimum Gasteiger partial charge on any atom is -0.486 e. The third kappa shape index (κ3) is 4.30. The van der Waals surface area contributed by atoms with Gasteiger partial charge in [-0.25, -0.2) is 4.98 Å². The Morgan fingerprint density at radius 1 is 0.969 bits per heavy atom. The van der Waals surface area contributed by atoms with Crippen LogP contribution in [0.3, 0.4) is 0 Å². The smallest absolute Gasteiger partial charge is 0.251 e. The number of oxazole rings is 1. The van der Waals surface area contributed by atoms with Gasteiger partial charge in [-0.3, -0.25) is 4.79 Å². The molecule has 0 saturated heterocycles. The fourth-order valence-electron chi connectivity index (χ4n) is 3.81. The van der Waals surface area contributed by atoms with E-state index >= 15 is 0 Å². The number of ether oxygens (including phenoxy) is 2. The van der Waals surface area contributed by atoms with E-state index in [9.17, 15) is 4.79 Å². The number of carbonyl (C=O) groups is 1. The standard InChI is InChI=1S/C26H24N2O4/c1-17(19-9-11-22-24(15-19)31-14-13-30-22)27-26(29)20-8-10-21-23(16-20)32-25(28-21)12-7-18-5-3-2-4-6-18/h2-6,8-11,15-17H,7,12-14H2,1H3,(H,27,29)/t17-/m0/s1. The normalized spacial score (nSPS) is 13.7. The van der Waals surface area contributed by atoms with E-state index in [2.05, 4.69) is 22.4 Å². The monoisotopic (exact) mass is 428 g/mol. The van der Waals surface area contributed by atoms with Gasteiger partial charge in [-0.05, 0) is 54.8 Å². The third-order valence-corrected chi connectivity index (χ3v) is 5.58. The highest BCUT2D eigenvalue weighted by Gasteiger charge is 2.17. The number of benzene rings is 3. The van der Waals surface area contributed by atoms with Crippen molar-refractivity contribution in [1.82, 2.24) is 10.3 Å². The quantitative estimate of drug-likeness (QED) is 0.474. The summed E-state index contributed by atoms with van der Waals surface area (Å²) in [6.07, 6.45) is 1.56. The van der Waals surface area contributed by atoms with Crippen LogP contribution in [-0.4, -0.2) is 24.1 Å². The third-order valence-electron chi connectivity index (χ3n) is 5.58. The number of aromatic nitrogens is 1. The molecule has 1 N–H and O–H groups in total. The van der Waals surface area contributed by atoms with Crippen molar-refractivity contribution in [2.24, 2.45) is 0 Å². The molecule has 2 heterocycles. The molecule has 1 atom stereocenters. The van der Waals surface area contributed by atoms with Gasteiger partial charge in [0.1, 0.15) is 18.7 Å². The lowest BCUT2D eigenvalue weighted by Gasteiger charge is -2.21. The molecule has 162 valence electrons. The molecule has 0 radical (unpaired) electrons. The van der Waals surface area contributed by atoms with Crippen LogP contribution >= 0.6 is 0 Å². The molecule has 0 spiro atoms. The highest BCUT2D eigenvalue weighted by Crippen LogP contribution is 2.32. The molecule has 1 aromatic heterocycles. The van der Waals surface area contributed by atoms with Gasteiger partial charge in [0.2, 0.25) is 0 Å². The molecule has 0 fully saturated rings. The summed E-state index contributed by atoms with van der Waals surface area (Å²) in [7, 11) is 0. The average molecular weight is 428 g/mol. The Hall–Kier alpha value is -3.80. The van der Waals surface area contributed by atoms with Crippen molar-refractivity contribution in [2.45, 2.75) is 25.8 Å². The van der Waals surface area contributed by atoms with Crippen molar-refractivity contribution >= 4 is 17.0 Å². The number of hydrogen-bond acceptors (Lipinski definition) is 5. The van der Waals surface area contributed by atoms with Gasteiger partial charge in [-0.15, -0.1) is 0 Å². The second-order valence-corrected chi connectivity index (χ2v) is 7.87. The van der Waals surface area contributed by atoms with Crippen LogP contribution in [0.15, 0.2) is 71.1 Å². The summed E-state index contributed by atoms with van der Waals surface area (Å²) < 4.78 is 17.1. The number of amides is 1. The fraction of sp³-hybridized carbons (Fsp3) is 0.231. The Balaban J connectivity index is 1.27. The first-order chi connectivity index (χ1) is 15.7. The van der Waals surface area contributed by atoms with Gasteiger partial charge in [0.15, 0.2) is 23.0 Å². The van der Waals surface area contributed by atoms with Gasteiger partial charge >= 0.3 is 0 Å². The molecule has 0 unspecified atom stereocenters. The first-order valence-corrected chi connectivity index (χ1v) is 10.8. The van der Waals surface area contributed by atoms with Crippen LogP contribution < -0.4 is 14.8 Å². The van der Waals surface area contributed by atoms with Crippen molar-refractivity contribution < 1.29 is 18.7 Å². The lowest BCUT2D eigenvalue weighted by molar-refractivity contribution is 0.0939. The number of nitrogens with zero attached hydrogens (tertiary/aromatic N) is 1. The molecule has 6 heteroatoms. The Kier molecular flexibility index (Phi) is 5.50. The zero-order valence-electron chi connectivity index (χ0n) is 17.8. The average Bonchev–Trinajstić information content (AvgIpc) is 3.25. The predicted molar refractivity (Wildman–Crippen MR) is 121 cm³/mol. The fourth-order valence-corrected chi connectivity index (χ4v) is 3.81. The molecule has 4 aromatic rings. The Morgan fingerprint density at radius 2 is 1.78 bits per heavy atom. The second-order valence-electron chi connectivity index (χ2n) is 7.87. The van der Waals surface area contributed by atoms with Gasteiger partial charge in [0, 0.05) is 12.0 Å². The zero-order chi connectivity index (χ0) is 21.9. The van der Waals surface area contributed by atoms with Crippen LogP contribution in [0.25, 0.3) is 11.1 Å². The number of nitrogens with one attached hydrogen (secondary N) is 1. The maximum absolute atomic E-state index is 12.8. The summed E-state index contributed by atoms with van der Waals surface area (Å²) in [6, 6.07) is 21.1. The summed E-state index contributed by atoms with van der Waals surface area (Å²) in [4.78, 5) is 17.4. The molecule has 1 aliphatic heterocycles. The summed E-state index contributed by atoms with van der Waals surface area (Å²) in [5, 5.41) is 3.04. The molecule has 0 bridgehead atoms. The van der Waals surface area contributed by atoms with Crippen molar-refractivity contribution in [1.29, 1.82) is 0 Å². The second kappa shape index (κ2) is 8.75. The summed E-state index contributed by atoms with van der Waals surface area (Å²) in [5.74, 6) is 1.95. The summed E-state index contributed by atoms with van der Waals surface area (Å²) >= 11 is 0. The SMILES string of the molecule is C[C@H](NC(=O)c1ccc2nc(CCc3ccccc3)oc2c1)c1ccc2c(c1)OCCO2. The minimum atomic E-state index is -0.190. The molecule has 6 nitrogen and oxygen atoms in total. The summed E-state index contributed by atoms with van der Waals surface area (Å²) in [6.45, 7) is 3.02. The van der Waals surface area contributed by atoms with Gasteiger partial charge in [-0.1, -0.05) is 36.4 Å². The first-order valence-electron chi connectivity index (χ1n) is 10.8. The molecule has 0 saturated carbocycles. The Labute approximate surface area is 186 Å². The van der Waals surface area contributed by atoms with Crippen LogP contribution in [0.5, 0.6) is 11.5 Å². The Morgan fingerprint density at radius 3 is 2.62 bits per heavy atom. The van der Waals surface area contributed by atoms with Crippen molar-refractivity contribution in [2.75, 3.05) is 13.2 Å². The van der Waals surface area contributed by atoms with Crippen LogP contribution in [0.1, 0.15) is 40.3 Å². The number of hydrogen-bond donors (Lipinski definition) is 1. The van der Waals surface area contributed by atoms with Gasteiger partial charge < -0.3 is 19.2 Å². The Bertz CT molecular complexity index is 1250. The highest BCUT2D eigenvalue weighted by molar-refractivity contribution is 5.97. The van der Waals surface area contributed by atoms with E-state index in [0.29, 0.717) is 42.4 Å². The highest BCUT2D eigenvalue weighted by atomic mass is 16.6. The molecule has 5 rings (SSSR count). The maximum Gasteiger partial charge on any atom is 0.251 e. The van der Waals surface area contributed by atoms with Crippen molar-refractivity contribution in [3.05, 3.63) is 89.3 Å². The van der Waals surface area contributed by atoms with E-state index < -0.39 is 0 Å². The van der Waals surface area contributed by atoms with Crippen LogP contribution in [0, 0.1) is 0 Å². The number of rotatable bonds is 6. The van der Waals surface area contributed by atoms with E-state index in [4.69, 9.17) is 13.9 Å². The van der Waals surface area contributed by atoms with E-state index in [0.717, 1.165) is 23.3 Å². The molecule has 1 amide bonds. The maximum atomic E-state index is 12.8. The molecule has 0 aliphatic carbocycles. The van der Waals surface area contributed by atoms with Crippen LogP contribution in [0.2, 0.25) is 0 Å². The summed E-state index contributed by atoms with van der Waals surface area (Å²) in [5.41, 5.74) is 4.10. The van der Waals surface area contributed by atoms with E-state index in [1.54, 1.807) is 12.1 Å². The van der Waals surface area contributed by atoms with E-state index in [1.165, 1.54) is 5.56 Å². The van der Waals surface area contributed by atoms with Gasteiger partial charge in [0.05, 0.1) is 6.04 Å².